The smallest absolute Gasteiger partial charge is 0.252 e. The molecule has 0 bridgehead atoms. The molecule has 3 rings (SSSR count). The summed E-state index contributed by atoms with van der Waals surface area (Å²) < 4.78 is 5.42. The molecule has 2 aromatic rings. The summed E-state index contributed by atoms with van der Waals surface area (Å²) in [6.45, 7) is 7.52. The number of carbonyl (C=O) groups is 1. The van der Waals surface area contributed by atoms with Crippen molar-refractivity contribution in [3.63, 3.8) is 0 Å². The first-order valence-corrected chi connectivity index (χ1v) is 7.93. The highest BCUT2D eigenvalue weighted by Gasteiger charge is 2.29. The number of benzene rings is 1. The molecule has 23 heavy (non-hydrogen) atoms. The number of amides is 1. The van der Waals surface area contributed by atoms with E-state index in [4.69, 9.17) is 4.74 Å². The Morgan fingerprint density at radius 3 is 2.83 bits per heavy atom. The first-order chi connectivity index (χ1) is 11.0. The Bertz CT molecular complexity index is 758. The molecular weight excluding hydrogens is 290 g/mol. The molecule has 5 nitrogen and oxygen atoms in total. The van der Waals surface area contributed by atoms with Crippen LogP contribution in [-0.4, -0.2) is 43.2 Å². The zero-order chi connectivity index (χ0) is 16.6. The molecule has 2 heterocycles. The van der Waals surface area contributed by atoms with Crippen LogP contribution in [0.25, 0.3) is 10.9 Å². The second-order valence-electron chi connectivity index (χ2n) is 6.23. The minimum Gasteiger partial charge on any atom is -0.378 e. The Morgan fingerprint density at radius 2 is 2.09 bits per heavy atom. The first kappa shape index (κ1) is 15.9. The van der Waals surface area contributed by atoms with E-state index in [-0.39, 0.29) is 18.1 Å². The summed E-state index contributed by atoms with van der Waals surface area (Å²) in [4.78, 5) is 17.4. The van der Waals surface area contributed by atoms with Crippen molar-refractivity contribution in [3.8, 4) is 0 Å². The third-order valence-electron chi connectivity index (χ3n) is 4.66. The molecule has 0 saturated carbocycles. The van der Waals surface area contributed by atoms with Crippen LogP contribution in [-0.2, 0) is 4.74 Å². The summed E-state index contributed by atoms with van der Waals surface area (Å²) >= 11 is 0. The van der Waals surface area contributed by atoms with Crippen molar-refractivity contribution in [1.29, 1.82) is 0 Å². The highest BCUT2D eigenvalue weighted by Crippen LogP contribution is 2.24. The van der Waals surface area contributed by atoms with E-state index in [1.165, 1.54) is 5.56 Å². The maximum Gasteiger partial charge on any atom is 0.252 e. The standard InChI is InChI=1S/C18H23N3O2/c1-10-5-6-13-14(7-11(2)20-17(13)12(10)3)18(22)21-15-8-19-9-16(15)23-4/h5-7,15-16,19H,8-9H2,1-4H3,(H,21,22)/t15-,16-/m0/s1. The van der Waals surface area contributed by atoms with Crippen molar-refractivity contribution >= 4 is 16.8 Å². The average molecular weight is 313 g/mol. The topological polar surface area (TPSA) is 63.2 Å². The molecule has 0 radical (unpaired) electrons. The number of fused-ring (bicyclic) bond motifs is 1. The number of hydrogen-bond acceptors (Lipinski definition) is 4. The third-order valence-corrected chi connectivity index (χ3v) is 4.66. The Labute approximate surface area is 136 Å². The van der Waals surface area contributed by atoms with Gasteiger partial charge in [-0.15, -0.1) is 0 Å². The van der Waals surface area contributed by atoms with E-state index in [9.17, 15) is 4.79 Å². The first-order valence-electron chi connectivity index (χ1n) is 7.93. The number of carbonyl (C=O) groups excluding carboxylic acids is 1. The fourth-order valence-corrected chi connectivity index (χ4v) is 3.14. The summed E-state index contributed by atoms with van der Waals surface area (Å²) in [5.41, 5.74) is 4.74. The summed E-state index contributed by atoms with van der Waals surface area (Å²) in [5.74, 6) is -0.0699. The number of ether oxygens (including phenoxy) is 1. The molecule has 1 saturated heterocycles. The number of rotatable bonds is 3. The molecule has 1 aromatic carbocycles. The third kappa shape index (κ3) is 2.94. The summed E-state index contributed by atoms with van der Waals surface area (Å²) in [6.07, 6.45) is 0.0112. The maximum absolute atomic E-state index is 12.8. The lowest BCUT2D eigenvalue weighted by molar-refractivity contribution is 0.0781. The number of aryl methyl sites for hydroxylation is 3. The van der Waals surface area contributed by atoms with Gasteiger partial charge in [0.15, 0.2) is 0 Å². The van der Waals surface area contributed by atoms with Crippen LogP contribution >= 0.6 is 0 Å². The Kier molecular flexibility index (Phi) is 4.33. The lowest BCUT2D eigenvalue weighted by atomic mass is 10.0. The Hall–Kier alpha value is -1.98. The SMILES string of the molecule is CO[C@H]1CNC[C@@H]1NC(=O)c1cc(C)nc2c(C)c(C)ccc12. The van der Waals surface area contributed by atoms with Crippen molar-refractivity contribution in [3.05, 3.63) is 40.6 Å². The molecular formula is C18H23N3O2. The molecule has 0 spiro atoms. The average Bonchev–Trinajstić information content (AvgIpc) is 2.97. The largest absolute Gasteiger partial charge is 0.378 e. The van der Waals surface area contributed by atoms with Gasteiger partial charge in [-0.2, -0.15) is 0 Å². The van der Waals surface area contributed by atoms with Gasteiger partial charge in [0.05, 0.1) is 23.2 Å². The Balaban J connectivity index is 1.99. The van der Waals surface area contributed by atoms with Crippen LogP contribution in [0.2, 0.25) is 0 Å². The van der Waals surface area contributed by atoms with E-state index in [1.807, 2.05) is 32.0 Å². The van der Waals surface area contributed by atoms with E-state index in [0.29, 0.717) is 5.56 Å². The highest BCUT2D eigenvalue weighted by molar-refractivity contribution is 6.07. The van der Waals surface area contributed by atoms with E-state index in [1.54, 1.807) is 7.11 Å². The van der Waals surface area contributed by atoms with Gasteiger partial charge in [0.25, 0.3) is 5.91 Å². The number of aromatic nitrogens is 1. The fraction of sp³-hybridized carbons (Fsp3) is 0.444. The predicted molar refractivity (Wildman–Crippen MR) is 90.9 cm³/mol. The zero-order valence-electron chi connectivity index (χ0n) is 14.1. The number of pyridine rings is 1. The molecule has 122 valence electrons. The lowest BCUT2D eigenvalue weighted by Gasteiger charge is -2.19. The Morgan fingerprint density at radius 1 is 1.30 bits per heavy atom. The maximum atomic E-state index is 12.8. The minimum absolute atomic E-state index is 0.0112. The van der Waals surface area contributed by atoms with E-state index >= 15 is 0 Å². The van der Waals surface area contributed by atoms with Crippen molar-refractivity contribution < 1.29 is 9.53 Å². The van der Waals surface area contributed by atoms with E-state index < -0.39 is 0 Å². The second kappa shape index (κ2) is 6.26. The predicted octanol–water partition coefficient (Wildman–Crippen LogP) is 1.88. The van der Waals surface area contributed by atoms with Gasteiger partial charge in [-0.3, -0.25) is 9.78 Å². The monoisotopic (exact) mass is 313 g/mol. The van der Waals surface area contributed by atoms with Gasteiger partial charge >= 0.3 is 0 Å². The number of nitrogens with one attached hydrogen (secondary N) is 2. The molecule has 1 aromatic heterocycles. The molecule has 1 fully saturated rings. The molecule has 2 atom stereocenters. The fourth-order valence-electron chi connectivity index (χ4n) is 3.14. The van der Waals surface area contributed by atoms with Crippen molar-refractivity contribution in [2.45, 2.75) is 32.9 Å². The van der Waals surface area contributed by atoms with Crippen molar-refractivity contribution in [2.24, 2.45) is 0 Å². The molecule has 0 unspecified atom stereocenters. The van der Waals surface area contributed by atoms with E-state index in [0.717, 1.165) is 35.2 Å². The summed E-state index contributed by atoms with van der Waals surface area (Å²) in [7, 11) is 1.68. The zero-order valence-corrected chi connectivity index (χ0v) is 14.1. The molecule has 5 heteroatoms. The number of methoxy groups -OCH3 is 1. The van der Waals surface area contributed by atoms with Gasteiger partial charge in [-0.05, 0) is 38.0 Å². The van der Waals surface area contributed by atoms with Crippen molar-refractivity contribution in [2.75, 3.05) is 20.2 Å². The lowest BCUT2D eigenvalue weighted by Crippen LogP contribution is -2.43. The van der Waals surface area contributed by atoms with Crippen LogP contribution in [0, 0.1) is 20.8 Å². The molecule has 0 aliphatic carbocycles. The molecule has 1 aliphatic rings. The van der Waals surface area contributed by atoms with Crippen LogP contribution in [0.15, 0.2) is 18.2 Å². The minimum atomic E-state index is -0.0699. The summed E-state index contributed by atoms with van der Waals surface area (Å²) in [6, 6.07) is 5.87. The number of nitrogens with zero attached hydrogens (tertiary/aromatic N) is 1. The van der Waals surface area contributed by atoms with Crippen LogP contribution in [0.5, 0.6) is 0 Å². The van der Waals surface area contributed by atoms with Gasteiger partial charge in [0.2, 0.25) is 0 Å². The van der Waals surface area contributed by atoms with Crippen molar-refractivity contribution in [1.82, 2.24) is 15.6 Å². The quantitative estimate of drug-likeness (QED) is 0.908. The van der Waals surface area contributed by atoms with Gasteiger partial charge in [-0.1, -0.05) is 12.1 Å². The second-order valence-corrected chi connectivity index (χ2v) is 6.23. The number of hydrogen-bond donors (Lipinski definition) is 2. The molecule has 1 aliphatic heterocycles. The van der Waals surface area contributed by atoms with Gasteiger partial charge < -0.3 is 15.4 Å². The summed E-state index contributed by atoms with van der Waals surface area (Å²) in [5, 5.41) is 7.24. The van der Waals surface area contributed by atoms with Crippen LogP contribution in [0.1, 0.15) is 27.2 Å². The van der Waals surface area contributed by atoms with Crippen LogP contribution in [0.4, 0.5) is 0 Å². The van der Waals surface area contributed by atoms with Gasteiger partial charge in [-0.25, -0.2) is 0 Å². The molecule has 2 N–H and O–H groups in total. The van der Waals surface area contributed by atoms with E-state index in [2.05, 4.69) is 22.5 Å². The highest BCUT2D eigenvalue weighted by atomic mass is 16.5. The van der Waals surface area contributed by atoms with Crippen LogP contribution < -0.4 is 10.6 Å². The van der Waals surface area contributed by atoms with Gasteiger partial charge in [0, 0.05) is 31.3 Å². The van der Waals surface area contributed by atoms with Gasteiger partial charge in [0.1, 0.15) is 0 Å². The molecule has 1 amide bonds. The van der Waals surface area contributed by atoms with Crippen LogP contribution in [0.3, 0.4) is 0 Å². The normalized spacial score (nSPS) is 20.9.